The molecule has 0 aliphatic carbocycles. The van der Waals surface area contributed by atoms with Crippen molar-refractivity contribution < 1.29 is 13.6 Å². The number of ketones is 1. The third kappa shape index (κ3) is 2.25. The van der Waals surface area contributed by atoms with E-state index in [0.717, 1.165) is 0 Å². The maximum absolute atomic E-state index is 13.9. The first-order valence-corrected chi connectivity index (χ1v) is 6.91. The van der Waals surface area contributed by atoms with Gasteiger partial charge in [-0.15, -0.1) is 0 Å². The van der Waals surface area contributed by atoms with Crippen LogP contribution in [-0.4, -0.2) is 5.78 Å². The molecule has 0 atom stereocenters. The van der Waals surface area contributed by atoms with E-state index in [0.29, 0.717) is 16.0 Å². The molecule has 20 heavy (non-hydrogen) atoms. The van der Waals surface area contributed by atoms with Crippen LogP contribution in [0.5, 0.6) is 0 Å². The summed E-state index contributed by atoms with van der Waals surface area (Å²) in [4.78, 5) is 12.3. The van der Waals surface area contributed by atoms with Crippen molar-refractivity contribution in [1.82, 2.24) is 0 Å². The Kier molecular flexibility index (Phi) is 3.36. The van der Waals surface area contributed by atoms with Crippen molar-refractivity contribution in [2.75, 3.05) is 0 Å². The lowest BCUT2D eigenvalue weighted by molar-refractivity contribution is 0.101. The van der Waals surface area contributed by atoms with E-state index in [1.54, 1.807) is 30.3 Å². The van der Waals surface area contributed by atoms with Gasteiger partial charge in [-0.25, -0.2) is 4.39 Å². The molecule has 0 unspecified atom stereocenters. The first-order chi connectivity index (χ1) is 9.56. The molecule has 0 radical (unpaired) electrons. The quantitative estimate of drug-likeness (QED) is 0.591. The highest BCUT2D eigenvalue weighted by molar-refractivity contribution is 9.10. The fourth-order valence-electron chi connectivity index (χ4n) is 1.94. The minimum Gasteiger partial charge on any atom is -0.453 e. The fraction of sp³-hybridized carbons (Fsp3) is 0. The first-order valence-electron chi connectivity index (χ1n) is 5.74. The number of benzene rings is 2. The summed E-state index contributed by atoms with van der Waals surface area (Å²) in [6.45, 7) is 0. The number of halogens is 3. The molecule has 0 aliphatic heterocycles. The van der Waals surface area contributed by atoms with Crippen LogP contribution in [0.2, 0.25) is 5.02 Å². The SMILES string of the molecule is O=C(c1cc2cc(Cl)ccc2o1)c1cccc(Br)c1F. The van der Waals surface area contributed by atoms with Crippen LogP contribution in [-0.2, 0) is 0 Å². The Morgan fingerprint density at radius 3 is 2.80 bits per heavy atom. The molecule has 0 saturated heterocycles. The van der Waals surface area contributed by atoms with E-state index in [1.807, 2.05) is 0 Å². The number of hydrogen-bond donors (Lipinski definition) is 0. The summed E-state index contributed by atoms with van der Waals surface area (Å²) >= 11 is 8.93. The minimum atomic E-state index is -0.601. The molecule has 0 bridgehead atoms. The smallest absolute Gasteiger partial charge is 0.231 e. The van der Waals surface area contributed by atoms with E-state index in [1.165, 1.54) is 12.1 Å². The summed E-state index contributed by atoms with van der Waals surface area (Å²) in [7, 11) is 0. The van der Waals surface area contributed by atoms with Crippen molar-refractivity contribution in [3.05, 3.63) is 69.1 Å². The van der Waals surface area contributed by atoms with Gasteiger partial charge in [0.15, 0.2) is 5.76 Å². The van der Waals surface area contributed by atoms with Crippen LogP contribution in [0, 0.1) is 5.82 Å². The molecule has 1 heterocycles. The van der Waals surface area contributed by atoms with Crippen molar-refractivity contribution in [1.29, 1.82) is 0 Å². The summed E-state index contributed by atoms with van der Waals surface area (Å²) in [6.07, 6.45) is 0. The van der Waals surface area contributed by atoms with Crippen LogP contribution in [0.25, 0.3) is 11.0 Å². The normalized spacial score (nSPS) is 10.9. The van der Waals surface area contributed by atoms with Gasteiger partial charge in [0.1, 0.15) is 11.4 Å². The third-order valence-corrected chi connectivity index (χ3v) is 3.75. The molecule has 2 nitrogen and oxygen atoms in total. The molecule has 3 aromatic rings. The van der Waals surface area contributed by atoms with E-state index >= 15 is 0 Å². The molecule has 100 valence electrons. The summed E-state index contributed by atoms with van der Waals surface area (Å²) in [6, 6.07) is 11.1. The van der Waals surface area contributed by atoms with E-state index in [9.17, 15) is 9.18 Å². The Hall–Kier alpha value is -1.65. The summed E-state index contributed by atoms with van der Waals surface area (Å²) < 4.78 is 19.6. The number of carbonyl (C=O) groups excluding carboxylic acids is 1. The number of hydrogen-bond acceptors (Lipinski definition) is 2. The lowest BCUT2D eigenvalue weighted by Gasteiger charge is -2.01. The van der Waals surface area contributed by atoms with Crippen molar-refractivity contribution in [2.45, 2.75) is 0 Å². The Labute approximate surface area is 127 Å². The molecule has 0 aliphatic rings. The summed E-state index contributed by atoms with van der Waals surface area (Å²) in [5, 5.41) is 1.25. The van der Waals surface area contributed by atoms with Gasteiger partial charge in [-0.3, -0.25) is 4.79 Å². The lowest BCUT2D eigenvalue weighted by atomic mass is 10.1. The van der Waals surface area contributed by atoms with Crippen LogP contribution in [0.15, 0.2) is 51.4 Å². The lowest BCUT2D eigenvalue weighted by Crippen LogP contribution is -2.03. The summed E-state index contributed by atoms with van der Waals surface area (Å²) in [5.74, 6) is -1.02. The molecule has 5 heteroatoms. The standard InChI is InChI=1S/C15H7BrClFO2/c16-11-3-1-2-10(14(11)18)15(19)13-7-8-6-9(17)4-5-12(8)20-13/h1-7H. The van der Waals surface area contributed by atoms with E-state index < -0.39 is 11.6 Å². The highest BCUT2D eigenvalue weighted by Gasteiger charge is 2.19. The van der Waals surface area contributed by atoms with Crippen LogP contribution < -0.4 is 0 Å². The van der Waals surface area contributed by atoms with Gasteiger partial charge in [-0.05, 0) is 52.3 Å². The van der Waals surface area contributed by atoms with Gasteiger partial charge in [0.05, 0.1) is 10.0 Å². The maximum Gasteiger partial charge on any atom is 0.231 e. The second-order valence-corrected chi connectivity index (χ2v) is 5.51. The van der Waals surface area contributed by atoms with Gasteiger partial charge in [0.2, 0.25) is 5.78 Å². The Morgan fingerprint density at radius 1 is 1.20 bits per heavy atom. The Balaban J connectivity index is 2.10. The van der Waals surface area contributed by atoms with Crippen molar-refractivity contribution >= 4 is 44.3 Å². The van der Waals surface area contributed by atoms with Crippen LogP contribution in [0.1, 0.15) is 16.1 Å². The predicted octanol–water partition coefficient (Wildman–Crippen LogP) is 5.22. The second-order valence-electron chi connectivity index (χ2n) is 4.22. The van der Waals surface area contributed by atoms with Crippen molar-refractivity contribution in [3.8, 4) is 0 Å². The molecule has 3 rings (SSSR count). The Bertz CT molecular complexity index is 826. The number of fused-ring (bicyclic) bond motifs is 1. The zero-order valence-electron chi connectivity index (χ0n) is 9.99. The van der Waals surface area contributed by atoms with Gasteiger partial charge in [0.25, 0.3) is 0 Å². The van der Waals surface area contributed by atoms with Crippen LogP contribution >= 0.6 is 27.5 Å². The largest absolute Gasteiger partial charge is 0.453 e. The first kappa shape index (κ1) is 13.3. The van der Waals surface area contributed by atoms with E-state index in [-0.39, 0.29) is 15.8 Å². The molecular formula is C15H7BrClFO2. The number of rotatable bonds is 2. The molecule has 2 aromatic carbocycles. The molecule has 0 saturated carbocycles. The molecule has 1 aromatic heterocycles. The molecule has 0 spiro atoms. The fourth-order valence-corrected chi connectivity index (χ4v) is 2.48. The van der Waals surface area contributed by atoms with Gasteiger partial charge in [-0.2, -0.15) is 0 Å². The second kappa shape index (κ2) is 5.04. The highest BCUT2D eigenvalue weighted by atomic mass is 79.9. The molecule has 0 amide bonds. The van der Waals surface area contributed by atoms with Gasteiger partial charge in [-0.1, -0.05) is 17.7 Å². The van der Waals surface area contributed by atoms with E-state index in [2.05, 4.69) is 15.9 Å². The van der Waals surface area contributed by atoms with Crippen molar-refractivity contribution in [2.24, 2.45) is 0 Å². The number of furan rings is 1. The van der Waals surface area contributed by atoms with Crippen molar-refractivity contribution in [3.63, 3.8) is 0 Å². The van der Waals surface area contributed by atoms with Gasteiger partial charge < -0.3 is 4.42 Å². The zero-order valence-corrected chi connectivity index (χ0v) is 12.3. The average Bonchev–Trinajstić information content (AvgIpc) is 2.84. The topological polar surface area (TPSA) is 30.2 Å². The summed E-state index contributed by atoms with van der Waals surface area (Å²) in [5.41, 5.74) is 0.498. The predicted molar refractivity (Wildman–Crippen MR) is 78.8 cm³/mol. The highest BCUT2D eigenvalue weighted by Crippen LogP contribution is 2.26. The third-order valence-electron chi connectivity index (χ3n) is 2.90. The minimum absolute atomic E-state index is 0.0375. The van der Waals surface area contributed by atoms with Gasteiger partial charge in [0, 0.05) is 10.4 Å². The zero-order chi connectivity index (χ0) is 14.3. The monoisotopic (exact) mass is 352 g/mol. The Morgan fingerprint density at radius 2 is 2.00 bits per heavy atom. The van der Waals surface area contributed by atoms with Gasteiger partial charge >= 0.3 is 0 Å². The molecule has 0 N–H and O–H groups in total. The average molecular weight is 354 g/mol. The number of carbonyl (C=O) groups is 1. The molecular weight excluding hydrogens is 347 g/mol. The van der Waals surface area contributed by atoms with E-state index in [4.69, 9.17) is 16.0 Å². The van der Waals surface area contributed by atoms with Crippen LogP contribution in [0.3, 0.4) is 0 Å². The molecule has 0 fully saturated rings. The maximum atomic E-state index is 13.9. The van der Waals surface area contributed by atoms with Crippen LogP contribution in [0.4, 0.5) is 4.39 Å².